The number of fused-ring (bicyclic) bond motifs is 1. The van der Waals surface area contributed by atoms with E-state index in [0.717, 1.165) is 5.56 Å². The van der Waals surface area contributed by atoms with Crippen molar-refractivity contribution in [2.75, 3.05) is 0 Å². The molecule has 0 saturated heterocycles. The summed E-state index contributed by atoms with van der Waals surface area (Å²) < 4.78 is 13.5. The maximum atomic E-state index is 13.5. The lowest BCUT2D eigenvalue weighted by Crippen LogP contribution is -1.98. The van der Waals surface area contributed by atoms with Gasteiger partial charge in [0.2, 0.25) is 0 Å². The van der Waals surface area contributed by atoms with Gasteiger partial charge in [-0.2, -0.15) is 0 Å². The van der Waals surface area contributed by atoms with Crippen LogP contribution in [0.4, 0.5) is 4.39 Å². The number of halogens is 3. The molecule has 0 amide bonds. The van der Waals surface area contributed by atoms with Crippen LogP contribution >= 0.6 is 23.2 Å². The van der Waals surface area contributed by atoms with Crippen LogP contribution in [0, 0.1) is 5.82 Å². The fourth-order valence-electron chi connectivity index (χ4n) is 2.45. The summed E-state index contributed by atoms with van der Waals surface area (Å²) in [5.41, 5.74) is 1.74. The molecule has 106 valence electrons. The van der Waals surface area contributed by atoms with Gasteiger partial charge in [0, 0.05) is 0 Å². The summed E-state index contributed by atoms with van der Waals surface area (Å²) in [6, 6.07) is 19.1. The van der Waals surface area contributed by atoms with E-state index in [1.54, 1.807) is 12.1 Å². The van der Waals surface area contributed by atoms with Gasteiger partial charge >= 0.3 is 0 Å². The van der Waals surface area contributed by atoms with E-state index in [4.69, 9.17) is 23.2 Å². The van der Waals surface area contributed by atoms with Crippen molar-refractivity contribution in [1.82, 2.24) is 0 Å². The Morgan fingerprint density at radius 3 is 2.48 bits per heavy atom. The van der Waals surface area contributed by atoms with Crippen LogP contribution in [0.1, 0.15) is 16.5 Å². The highest BCUT2D eigenvalue weighted by Crippen LogP contribution is 2.32. The molecule has 3 rings (SSSR count). The maximum absolute atomic E-state index is 13.5. The molecule has 1 unspecified atom stereocenters. The third kappa shape index (κ3) is 3.04. The van der Waals surface area contributed by atoms with Crippen molar-refractivity contribution >= 4 is 34.0 Å². The van der Waals surface area contributed by atoms with Crippen molar-refractivity contribution in [3.63, 3.8) is 0 Å². The van der Waals surface area contributed by atoms with Gasteiger partial charge in [0.1, 0.15) is 5.82 Å². The van der Waals surface area contributed by atoms with E-state index in [0.29, 0.717) is 12.0 Å². The molecule has 3 heteroatoms. The molecule has 3 aromatic rings. The highest BCUT2D eigenvalue weighted by atomic mass is 35.5. The van der Waals surface area contributed by atoms with E-state index < -0.39 is 5.82 Å². The third-order valence-corrected chi connectivity index (χ3v) is 4.34. The Hall–Kier alpha value is -1.57. The van der Waals surface area contributed by atoms with Crippen LogP contribution in [0.5, 0.6) is 0 Å². The Bertz CT molecular complexity index is 783. The molecular formula is C18H13Cl2F. The van der Waals surface area contributed by atoms with Gasteiger partial charge < -0.3 is 0 Å². The molecule has 0 radical (unpaired) electrons. The Morgan fingerprint density at radius 2 is 1.67 bits per heavy atom. The van der Waals surface area contributed by atoms with Gasteiger partial charge in [0.25, 0.3) is 0 Å². The largest absolute Gasteiger partial charge is 0.205 e. The quantitative estimate of drug-likeness (QED) is 0.508. The molecule has 0 N–H and O–H groups in total. The number of hydrogen-bond acceptors (Lipinski definition) is 0. The van der Waals surface area contributed by atoms with E-state index in [1.165, 1.54) is 16.8 Å². The minimum atomic E-state index is -0.432. The van der Waals surface area contributed by atoms with Gasteiger partial charge in [-0.3, -0.25) is 0 Å². The lowest BCUT2D eigenvalue weighted by Gasteiger charge is -2.12. The predicted octanol–water partition coefficient (Wildman–Crippen LogP) is 6.15. The summed E-state index contributed by atoms with van der Waals surface area (Å²) in [5, 5.41) is 2.12. The van der Waals surface area contributed by atoms with E-state index in [1.807, 2.05) is 18.2 Å². The third-order valence-electron chi connectivity index (χ3n) is 3.55. The van der Waals surface area contributed by atoms with Gasteiger partial charge in [-0.1, -0.05) is 66.2 Å². The summed E-state index contributed by atoms with van der Waals surface area (Å²) in [5.74, 6) is -0.432. The number of rotatable bonds is 3. The monoisotopic (exact) mass is 318 g/mol. The normalized spacial score (nSPS) is 12.5. The molecule has 3 aromatic carbocycles. The highest BCUT2D eigenvalue weighted by Gasteiger charge is 2.15. The average molecular weight is 319 g/mol. The molecular weight excluding hydrogens is 306 g/mol. The molecule has 1 atom stereocenters. The van der Waals surface area contributed by atoms with E-state index in [2.05, 4.69) is 24.3 Å². The van der Waals surface area contributed by atoms with Gasteiger partial charge in [0.05, 0.1) is 10.4 Å². The van der Waals surface area contributed by atoms with Gasteiger partial charge in [0.15, 0.2) is 0 Å². The Morgan fingerprint density at radius 1 is 0.905 bits per heavy atom. The molecule has 0 aliphatic heterocycles. The number of alkyl halides is 1. The number of hydrogen-bond donors (Lipinski definition) is 0. The molecule has 0 aliphatic rings. The fourth-order valence-corrected chi connectivity index (χ4v) is 3.12. The minimum Gasteiger partial charge on any atom is -0.205 e. The molecule has 0 spiro atoms. The van der Waals surface area contributed by atoms with Crippen LogP contribution in [0.3, 0.4) is 0 Å². The molecule has 21 heavy (non-hydrogen) atoms. The van der Waals surface area contributed by atoms with Crippen LogP contribution in [0.15, 0.2) is 60.7 Å². The SMILES string of the molecule is Fc1cccc(C(Cl)Cc2ccc3ccccc3c2)c1Cl. The molecule has 0 fully saturated rings. The van der Waals surface area contributed by atoms with Gasteiger partial charge in [-0.05, 0) is 34.4 Å². The van der Waals surface area contributed by atoms with Crippen molar-refractivity contribution in [3.8, 4) is 0 Å². The first-order valence-corrected chi connectivity index (χ1v) is 7.52. The zero-order valence-corrected chi connectivity index (χ0v) is 12.7. The lowest BCUT2D eigenvalue weighted by molar-refractivity contribution is 0.625. The smallest absolute Gasteiger partial charge is 0.142 e. The zero-order valence-electron chi connectivity index (χ0n) is 11.2. The molecule has 0 aliphatic carbocycles. The molecule has 0 bridgehead atoms. The van der Waals surface area contributed by atoms with Crippen molar-refractivity contribution in [1.29, 1.82) is 0 Å². The van der Waals surface area contributed by atoms with Crippen molar-refractivity contribution in [3.05, 3.63) is 82.6 Å². The van der Waals surface area contributed by atoms with E-state index in [9.17, 15) is 4.39 Å². The standard InChI is InChI=1S/C18H13Cl2F/c19-16(15-6-3-7-17(21)18(15)20)11-12-8-9-13-4-1-2-5-14(13)10-12/h1-10,16H,11H2. The summed E-state index contributed by atoms with van der Waals surface area (Å²) in [6.07, 6.45) is 0.607. The summed E-state index contributed by atoms with van der Waals surface area (Å²) in [6.45, 7) is 0. The fraction of sp³-hybridized carbons (Fsp3) is 0.111. The summed E-state index contributed by atoms with van der Waals surface area (Å²) in [7, 11) is 0. The molecule has 0 heterocycles. The predicted molar refractivity (Wildman–Crippen MR) is 87.7 cm³/mol. The van der Waals surface area contributed by atoms with Crippen LogP contribution < -0.4 is 0 Å². The zero-order chi connectivity index (χ0) is 14.8. The average Bonchev–Trinajstić information content (AvgIpc) is 2.50. The Balaban J connectivity index is 1.89. The van der Waals surface area contributed by atoms with Gasteiger partial charge in [-0.15, -0.1) is 11.6 Å². The Labute approximate surface area is 133 Å². The first-order chi connectivity index (χ1) is 10.1. The topological polar surface area (TPSA) is 0 Å². The molecule has 0 nitrogen and oxygen atoms in total. The van der Waals surface area contributed by atoms with Crippen molar-refractivity contribution in [2.45, 2.75) is 11.8 Å². The van der Waals surface area contributed by atoms with E-state index >= 15 is 0 Å². The minimum absolute atomic E-state index is 0.110. The lowest BCUT2D eigenvalue weighted by atomic mass is 10.0. The van der Waals surface area contributed by atoms with Gasteiger partial charge in [-0.25, -0.2) is 4.39 Å². The molecule has 0 saturated carbocycles. The van der Waals surface area contributed by atoms with Crippen LogP contribution in [-0.2, 0) is 6.42 Å². The van der Waals surface area contributed by atoms with Crippen molar-refractivity contribution in [2.24, 2.45) is 0 Å². The first kappa shape index (κ1) is 14.4. The number of benzene rings is 3. The summed E-state index contributed by atoms with van der Waals surface area (Å²) in [4.78, 5) is 0. The summed E-state index contributed by atoms with van der Waals surface area (Å²) >= 11 is 12.4. The second-order valence-electron chi connectivity index (χ2n) is 5.00. The van der Waals surface area contributed by atoms with Crippen LogP contribution in [-0.4, -0.2) is 0 Å². The first-order valence-electron chi connectivity index (χ1n) is 6.71. The second-order valence-corrected chi connectivity index (χ2v) is 5.90. The van der Waals surface area contributed by atoms with E-state index in [-0.39, 0.29) is 10.4 Å². The van der Waals surface area contributed by atoms with Crippen LogP contribution in [0.2, 0.25) is 5.02 Å². The van der Waals surface area contributed by atoms with Crippen molar-refractivity contribution < 1.29 is 4.39 Å². The molecule has 0 aromatic heterocycles. The highest BCUT2D eigenvalue weighted by molar-refractivity contribution is 6.33. The Kier molecular flexibility index (Phi) is 4.14. The maximum Gasteiger partial charge on any atom is 0.142 e. The second kappa shape index (κ2) is 6.05. The van der Waals surface area contributed by atoms with Crippen LogP contribution in [0.25, 0.3) is 10.8 Å².